The second-order valence-corrected chi connectivity index (χ2v) is 9.48. The number of carbonyl (C=O) groups is 2. The molecule has 0 radical (unpaired) electrons. The van der Waals surface area contributed by atoms with E-state index >= 15 is 0 Å². The number of ether oxygens (including phenoxy) is 1. The van der Waals surface area contributed by atoms with Crippen LogP contribution in [-0.4, -0.2) is 60.5 Å². The quantitative estimate of drug-likeness (QED) is 0.720. The second-order valence-electron chi connectivity index (χ2n) is 9.48. The minimum absolute atomic E-state index is 0.143. The SMILES string of the molecule is COC(=O)CCC[C@@H]1[C@H]2CCCN3CCC[C@H](CN1C(=O)C(C)(C)C)[C@@H]23. The van der Waals surface area contributed by atoms with Gasteiger partial charge in [-0.2, -0.15) is 0 Å². The Bertz CT molecular complexity index is 526. The van der Waals surface area contributed by atoms with Crippen LogP contribution in [-0.2, 0) is 14.3 Å². The van der Waals surface area contributed by atoms with Crippen molar-refractivity contribution in [2.45, 2.75) is 77.8 Å². The Hall–Kier alpha value is -1.10. The predicted molar refractivity (Wildman–Crippen MR) is 102 cm³/mol. The maximum absolute atomic E-state index is 13.2. The lowest BCUT2D eigenvalue weighted by Crippen LogP contribution is -2.66. The molecule has 0 aromatic rings. The highest BCUT2D eigenvalue weighted by Crippen LogP contribution is 2.44. The fourth-order valence-electron chi connectivity index (χ4n) is 5.59. The first-order valence-corrected chi connectivity index (χ1v) is 10.4. The number of carbonyl (C=O) groups excluding carboxylic acids is 2. The summed E-state index contributed by atoms with van der Waals surface area (Å²) in [6.45, 7) is 9.43. The molecule has 0 unspecified atom stereocenters. The molecule has 3 aliphatic rings. The lowest BCUT2D eigenvalue weighted by Gasteiger charge is -2.58. The van der Waals surface area contributed by atoms with E-state index in [1.54, 1.807) is 0 Å². The third kappa shape index (κ3) is 3.92. The molecule has 1 amide bonds. The summed E-state index contributed by atoms with van der Waals surface area (Å²) in [5, 5.41) is 0. The molecular weight excluding hydrogens is 328 g/mol. The number of hydrogen-bond donors (Lipinski definition) is 0. The van der Waals surface area contributed by atoms with Gasteiger partial charge in [0, 0.05) is 30.5 Å². The Morgan fingerprint density at radius 1 is 1.12 bits per heavy atom. The van der Waals surface area contributed by atoms with E-state index < -0.39 is 0 Å². The average molecular weight is 365 g/mol. The number of rotatable bonds is 4. The molecule has 5 heteroatoms. The molecule has 3 heterocycles. The molecule has 3 rings (SSSR count). The van der Waals surface area contributed by atoms with Crippen LogP contribution in [0.2, 0.25) is 0 Å². The fraction of sp³-hybridized carbons (Fsp3) is 0.905. The Morgan fingerprint density at radius 2 is 1.81 bits per heavy atom. The standard InChI is InChI=1S/C21H36N2O3/c1-21(2,3)20(25)23-14-15-8-6-12-22-13-7-9-16(19(15)22)17(23)10-5-11-18(24)26-4/h15-17,19H,5-14H2,1-4H3/t15-,16-,17-,19+/m1/s1. The maximum atomic E-state index is 13.2. The third-order valence-electron chi connectivity index (χ3n) is 6.68. The van der Waals surface area contributed by atoms with Crippen molar-refractivity contribution >= 4 is 11.9 Å². The molecule has 0 spiro atoms. The van der Waals surface area contributed by atoms with Gasteiger partial charge in [0.15, 0.2) is 0 Å². The number of amides is 1. The first-order chi connectivity index (χ1) is 12.3. The van der Waals surface area contributed by atoms with Crippen molar-refractivity contribution in [1.29, 1.82) is 0 Å². The van der Waals surface area contributed by atoms with Gasteiger partial charge in [-0.1, -0.05) is 20.8 Å². The number of esters is 1. The molecule has 0 aromatic carbocycles. The summed E-state index contributed by atoms with van der Waals surface area (Å²) in [6, 6.07) is 0.915. The zero-order valence-corrected chi connectivity index (χ0v) is 17.0. The van der Waals surface area contributed by atoms with E-state index in [4.69, 9.17) is 4.74 Å². The molecule has 3 aliphatic heterocycles. The predicted octanol–water partition coefficient (Wildman–Crippen LogP) is 3.08. The van der Waals surface area contributed by atoms with Crippen LogP contribution >= 0.6 is 0 Å². The lowest BCUT2D eigenvalue weighted by molar-refractivity contribution is -0.154. The summed E-state index contributed by atoms with van der Waals surface area (Å²) >= 11 is 0. The lowest BCUT2D eigenvalue weighted by atomic mass is 9.68. The number of hydrogen-bond acceptors (Lipinski definition) is 4. The first-order valence-electron chi connectivity index (χ1n) is 10.4. The van der Waals surface area contributed by atoms with Crippen molar-refractivity contribution in [2.24, 2.45) is 17.3 Å². The van der Waals surface area contributed by atoms with Gasteiger partial charge in [0.05, 0.1) is 7.11 Å². The topological polar surface area (TPSA) is 49.9 Å². The van der Waals surface area contributed by atoms with E-state index in [0.717, 1.165) is 19.4 Å². The van der Waals surface area contributed by atoms with Gasteiger partial charge in [-0.25, -0.2) is 0 Å². The molecule has 0 aromatic heterocycles. The van der Waals surface area contributed by atoms with Gasteiger partial charge < -0.3 is 9.64 Å². The van der Waals surface area contributed by atoms with Gasteiger partial charge in [-0.05, 0) is 63.5 Å². The number of methoxy groups -OCH3 is 1. The van der Waals surface area contributed by atoms with E-state index in [1.165, 1.54) is 45.9 Å². The Morgan fingerprint density at radius 3 is 2.46 bits per heavy atom. The van der Waals surface area contributed by atoms with Crippen LogP contribution in [0.3, 0.4) is 0 Å². The van der Waals surface area contributed by atoms with Gasteiger partial charge in [0.1, 0.15) is 0 Å². The Kier molecular flexibility index (Phi) is 5.95. The number of likely N-dealkylation sites (tertiary alicyclic amines) is 1. The normalized spacial score (nSPS) is 32.1. The number of piperidine rings is 3. The third-order valence-corrected chi connectivity index (χ3v) is 6.68. The smallest absolute Gasteiger partial charge is 0.305 e. The molecule has 148 valence electrons. The van der Waals surface area contributed by atoms with Crippen molar-refractivity contribution in [3.8, 4) is 0 Å². The summed E-state index contributed by atoms with van der Waals surface area (Å²) in [5.74, 6) is 1.32. The minimum atomic E-state index is -0.351. The molecule has 0 bridgehead atoms. The maximum Gasteiger partial charge on any atom is 0.305 e. The molecule has 5 nitrogen and oxygen atoms in total. The van der Waals surface area contributed by atoms with Crippen LogP contribution < -0.4 is 0 Å². The first kappa shape index (κ1) is 19.7. The molecule has 3 saturated heterocycles. The monoisotopic (exact) mass is 364 g/mol. The van der Waals surface area contributed by atoms with E-state index in [-0.39, 0.29) is 23.3 Å². The van der Waals surface area contributed by atoms with E-state index in [1.807, 2.05) is 20.8 Å². The van der Waals surface area contributed by atoms with E-state index in [0.29, 0.717) is 24.3 Å². The second kappa shape index (κ2) is 7.87. The van der Waals surface area contributed by atoms with Crippen LogP contribution in [0.4, 0.5) is 0 Å². The summed E-state index contributed by atoms with van der Waals surface area (Å²) < 4.78 is 4.81. The van der Waals surface area contributed by atoms with E-state index in [9.17, 15) is 9.59 Å². The summed E-state index contributed by atoms with van der Waals surface area (Å²) in [6.07, 6.45) is 7.14. The molecule has 3 fully saturated rings. The van der Waals surface area contributed by atoms with Crippen LogP contribution in [0.5, 0.6) is 0 Å². The summed E-state index contributed by atoms with van der Waals surface area (Å²) in [4.78, 5) is 29.7. The molecule has 4 atom stereocenters. The highest BCUT2D eigenvalue weighted by Gasteiger charge is 2.50. The average Bonchev–Trinajstić information content (AvgIpc) is 2.62. The molecule has 0 saturated carbocycles. The van der Waals surface area contributed by atoms with Gasteiger partial charge in [0.2, 0.25) is 5.91 Å². The molecule has 0 N–H and O–H groups in total. The van der Waals surface area contributed by atoms with Crippen LogP contribution in [0.1, 0.15) is 65.7 Å². The largest absolute Gasteiger partial charge is 0.469 e. The highest BCUT2D eigenvalue weighted by molar-refractivity contribution is 5.82. The fourth-order valence-corrected chi connectivity index (χ4v) is 5.59. The van der Waals surface area contributed by atoms with Crippen LogP contribution in [0.15, 0.2) is 0 Å². The zero-order chi connectivity index (χ0) is 18.9. The van der Waals surface area contributed by atoms with Crippen molar-refractivity contribution < 1.29 is 14.3 Å². The summed E-state index contributed by atoms with van der Waals surface area (Å²) in [5.41, 5.74) is -0.351. The van der Waals surface area contributed by atoms with Crippen molar-refractivity contribution in [3.63, 3.8) is 0 Å². The van der Waals surface area contributed by atoms with Gasteiger partial charge >= 0.3 is 5.97 Å². The Labute approximate surface area is 158 Å². The van der Waals surface area contributed by atoms with Crippen LogP contribution in [0, 0.1) is 17.3 Å². The minimum Gasteiger partial charge on any atom is -0.469 e. The van der Waals surface area contributed by atoms with Gasteiger partial charge in [-0.15, -0.1) is 0 Å². The van der Waals surface area contributed by atoms with Gasteiger partial charge in [-0.3, -0.25) is 14.5 Å². The molecule has 0 aliphatic carbocycles. The highest BCUT2D eigenvalue weighted by atomic mass is 16.5. The Balaban J connectivity index is 1.81. The van der Waals surface area contributed by atoms with Crippen molar-refractivity contribution in [1.82, 2.24) is 9.80 Å². The van der Waals surface area contributed by atoms with E-state index in [2.05, 4.69) is 9.80 Å². The van der Waals surface area contributed by atoms with Crippen LogP contribution in [0.25, 0.3) is 0 Å². The molecular formula is C21H36N2O3. The van der Waals surface area contributed by atoms with Gasteiger partial charge in [0.25, 0.3) is 0 Å². The molecule has 26 heavy (non-hydrogen) atoms. The zero-order valence-electron chi connectivity index (χ0n) is 17.0. The van der Waals surface area contributed by atoms with Crippen molar-refractivity contribution in [3.05, 3.63) is 0 Å². The summed E-state index contributed by atoms with van der Waals surface area (Å²) in [7, 11) is 1.45. The number of nitrogens with zero attached hydrogens (tertiary/aromatic N) is 2. The van der Waals surface area contributed by atoms with Crippen molar-refractivity contribution in [2.75, 3.05) is 26.7 Å².